The van der Waals surface area contributed by atoms with Crippen molar-refractivity contribution in [2.45, 2.75) is 25.4 Å². The highest BCUT2D eigenvalue weighted by atomic mass is 16.5. The highest BCUT2D eigenvalue weighted by Crippen LogP contribution is 2.53. The maximum absolute atomic E-state index is 5.63. The van der Waals surface area contributed by atoms with Gasteiger partial charge in [0.05, 0.1) is 12.7 Å². The molecule has 0 unspecified atom stereocenters. The van der Waals surface area contributed by atoms with E-state index in [-0.39, 0.29) is 0 Å². The van der Waals surface area contributed by atoms with E-state index < -0.39 is 0 Å². The molecule has 9 heavy (non-hydrogen) atoms. The lowest BCUT2D eigenvalue weighted by Gasteiger charge is -2.14. The van der Waals surface area contributed by atoms with Crippen LogP contribution in [0.5, 0.6) is 0 Å². The Morgan fingerprint density at radius 2 is 2.11 bits per heavy atom. The van der Waals surface area contributed by atoms with Gasteiger partial charge in [0.15, 0.2) is 0 Å². The van der Waals surface area contributed by atoms with Crippen LogP contribution in [-0.4, -0.2) is 12.7 Å². The molecule has 3 rings (SSSR count). The molecule has 3 aliphatic rings. The molecule has 50 valence electrons. The lowest BCUT2D eigenvalue weighted by Crippen LogP contribution is -2.14. The fraction of sp³-hybridized carbons (Fsp3) is 1.00. The lowest BCUT2D eigenvalue weighted by molar-refractivity contribution is 0.102. The molecule has 0 aromatic carbocycles. The van der Waals surface area contributed by atoms with Crippen molar-refractivity contribution >= 4 is 0 Å². The Labute approximate surface area is 55.4 Å². The lowest BCUT2D eigenvalue weighted by atomic mass is 9.90. The molecule has 0 amide bonds. The van der Waals surface area contributed by atoms with Crippen LogP contribution in [0.1, 0.15) is 19.3 Å². The van der Waals surface area contributed by atoms with Gasteiger partial charge in [-0.1, -0.05) is 0 Å². The van der Waals surface area contributed by atoms with Gasteiger partial charge in [-0.15, -0.1) is 0 Å². The van der Waals surface area contributed by atoms with Gasteiger partial charge in [0.2, 0.25) is 0 Å². The standard InChI is InChI=1S/C8H12O/c1-5-2-7-6(1)4-9-8(7)3-5/h5-8H,1-4H2/t5-,6-,7-,8+/m0/s1. The predicted octanol–water partition coefficient (Wildman–Crippen LogP) is 1.43. The predicted molar refractivity (Wildman–Crippen MR) is 34.1 cm³/mol. The van der Waals surface area contributed by atoms with E-state index in [2.05, 4.69) is 0 Å². The monoisotopic (exact) mass is 124 g/mol. The number of fused-ring (bicyclic) bond motifs is 1. The van der Waals surface area contributed by atoms with Gasteiger partial charge in [0.25, 0.3) is 0 Å². The zero-order valence-electron chi connectivity index (χ0n) is 5.55. The third-order valence-electron chi connectivity index (χ3n) is 3.41. The van der Waals surface area contributed by atoms with Crippen LogP contribution in [0.25, 0.3) is 0 Å². The molecule has 0 N–H and O–H groups in total. The molecule has 1 aliphatic heterocycles. The van der Waals surface area contributed by atoms with E-state index in [9.17, 15) is 0 Å². The summed E-state index contributed by atoms with van der Waals surface area (Å²) in [5.41, 5.74) is 0. The highest BCUT2D eigenvalue weighted by Gasteiger charge is 2.50. The Kier molecular flexibility index (Phi) is 0.704. The van der Waals surface area contributed by atoms with Crippen molar-refractivity contribution in [2.24, 2.45) is 17.8 Å². The minimum atomic E-state index is 0.703. The van der Waals surface area contributed by atoms with Gasteiger partial charge in [-0.3, -0.25) is 0 Å². The zero-order chi connectivity index (χ0) is 5.84. The maximum Gasteiger partial charge on any atom is 0.0609 e. The number of rotatable bonds is 0. The first-order valence-electron chi connectivity index (χ1n) is 4.05. The van der Waals surface area contributed by atoms with Crippen LogP contribution in [-0.2, 0) is 4.74 Å². The van der Waals surface area contributed by atoms with E-state index in [0.717, 1.165) is 24.4 Å². The molecule has 4 atom stereocenters. The molecule has 2 bridgehead atoms. The molecule has 0 aromatic rings. The van der Waals surface area contributed by atoms with E-state index in [0.29, 0.717) is 6.10 Å². The molecule has 1 heterocycles. The topological polar surface area (TPSA) is 9.23 Å². The smallest absolute Gasteiger partial charge is 0.0609 e. The van der Waals surface area contributed by atoms with Gasteiger partial charge in [-0.25, -0.2) is 0 Å². The van der Waals surface area contributed by atoms with E-state index >= 15 is 0 Å². The maximum atomic E-state index is 5.63. The van der Waals surface area contributed by atoms with Crippen LogP contribution >= 0.6 is 0 Å². The van der Waals surface area contributed by atoms with Crippen molar-refractivity contribution in [3.05, 3.63) is 0 Å². The van der Waals surface area contributed by atoms with E-state index in [1.54, 1.807) is 0 Å². The number of hydrogen-bond acceptors (Lipinski definition) is 1. The Balaban J connectivity index is 2.02. The van der Waals surface area contributed by atoms with E-state index in [1.807, 2.05) is 0 Å². The van der Waals surface area contributed by atoms with Crippen molar-refractivity contribution in [3.63, 3.8) is 0 Å². The summed E-state index contributed by atoms with van der Waals surface area (Å²) in [4.78, 5) is 0. The van der Waals surface area contributed by atoms with Gasteiger partial charge in [0.1, 0.15) is 0 Å². The molecule has 1 heteroatoms. The minimum Gasteiger partial charge on any atom is -0.378 e. The van der Waals surface area contributed by atoms with Gasteiger partial charge in [-0.05, 0) is 37.0 Å². The second-order valence-corrected chi connectivity index (χ2v) is 3.87. The average Bonchev–Trinajstić information content (AvgIpc) is 2.35. The zero-order valence-corrected chi connectivity index (χ0v) is 5.55. The first kappa shape index (κ1) is 4.73. The molecule has 1 nitrogen and oxygen atoms in total. The summed E-state index contributed by atoms with van der Waals surface area (Å²) in [6.45, 7) is 1.09. The molecule has 3 fully saturated rings. The van der Waals surface area contributed by atoms with Crippen molar-refractivity contribution in [1.29, 1.82) is 0 Å². The SMILES string of the molecule is C1O[C@@H]2C[C@H]3C[C@@H]1[C@@H]2C3. The normalized spacial score (nSPS) is 61.3. The summed E-state index contributed by atoms with van der Waals surface area (Å²) in [6, 6.07) is 0. The summed E-state index contributed by atoms with van der Waals surface area (Å²) in [7, 11) is 0. The molecular formula is C8H12O. The minimum absolute atomic E-state index is 0.703. The van der Waals surface area contributed by atoms with Crippen LogP contribution in [0, 0.1) is 17.8 Å². The van der Waals surface area contributed by atoms with Crippen LogP contribution in [0.3, 0.4) is 0 Å². The van der Waals surface area contributed by atoms with Crippen LogP contribution in [0.2, 0.25) is 0 Å². The van der Waals surface area contributed by atoms with E-state index in [1.165, 1.54) is 19.3 Å². The largest absolute Gasteiger partial charge is 0.378 e. The number of ether oxygens (including phenoxy) is 1. The van der Waals surface area contributed by atoms with Crippen LogP contribution < -0.4 is 0 Å². The quantitative estimate of drug-likeness (QED) is 0.474. The van der Waals surface area contributed by atoms with Gasteiger partial charge >= 0.3 is 0 Å². The molecule has 0 spiro atoms. The van der Waals surface area contributed by atoms with Crippen molar-refractivity contribution < 1.29 is 4.74 Å². The third kappa shape index (κ3) is 0.454. The Morgan fingerprint density at radius 3 is 2.78 bits per heavy atom. The van der Waals surface area contributed by atoms with Crippen LogP contribution in [0.15, 0.2) is 0 Å². The fourth-order valence-corrected chi connectivity index (χ4v) is 3.06. The first-order chi connectivity index (χ1) is 4.43. The van der Waals surface area contributed by atoms with Gasteiger partial charge in [-0.2, -0.15) is 0 Å². The number of hydrogen-bond donors (Lipinski definition) is 0. The fourth-order valence-electron chi connectivity index (χ4n) is 3.06. The molecule has 2 aliphatic carbocycles. The molecule has 0 radical (unpaired) electrons. The van der Waals surface area contributed by atoms with Crippen LogP contribution in [0.4, 0.5) is 0 Å². The second kappa shape index (κ2) is 1.34. The summed E-state index contributed by atoms with van der Waals surface area (Å²) in [6.07, 6.45) is 5.08. The van der Waals surface area contributed by atoms with Crippen molar-refractivity contribution in [1.82, 2.24) is 0 Å². The Bertz CT molecular complexity index is 127. The van der Waals surface area contributed by atoms with Gasteiger partial charge < -0.3 is 4.74 Å². The molecular weight excluding hydrogens is 112 g/mol. The summed E-state index contributed by atoms with van der Waals surface area (Å²) >= 11 is 0. The van der Waals surface area contributed by atoms with Gasteiger partial charge in [0, 0.05) is 0 Å². The first-order valence-corrected chi connectivity index (χ1v) is 4.05. The molecule has 0 aromatic heterocycles. The van der Waals surface area contributed by atoms with Crippen molar-refractivity contribution in [3.8, 4) is 0 Å². The summed E-state index contributed by atoms with van der Waals surface area (Å²) in [5, 5.41) is 0. The highest BCUT2D eigenvalue weighted by molar-refractivity contribution is 4.99. The second-order valence-electron chi connectivity index (χ2n) is 3.87. The Hall–Kier alpha value is -0.0400. The summed E-state index contributed by atoms with van der Waals surface area (Å²) in [5.74, 6) is 3.04. The molecule has 2 saturated carbocycles. The Morgan fingerprint density at radius 1 is 1.11 bits per heavy atom. The summed E-state index contributed by atoms with van der Waals surface area (Å²) < 4.78 is 5.63. The molecule has 1 saturated heterocycles. The van der Waals surface area contributed by atoms with E-state index in [4.69, 9.17) is 4.74 Å². The average molecular weight is 124 g/mol. The van der Waals surface area contributed by atoms with Crippen molar-refractivity contribution in [2.75, 3.05) is 6.61 Å². The third-order valence-corrected chi connectivity index (χ3v) is 3.41.